The Morgan fingerprint density at radius 2 is 1.91 bits per heavy atom. The predicted octanol–water partition coefficient (Wildman–Crippen LogP) is 1.79. The van der Waals surface area contributed by atoms with E-state index in [1.807, 2.05) is 29.2 Å². The largest absolute Gasteiger partial charge is 0.611 e. The van der Waals surface area contributed by atoms with E-state index in [-0.39, 0.29) is 5.78 Å². The van der Waals surface area contributed by atoms with Gasteiger partial charge in [0.05, 0.1) is 0 Å². The molecule has 1 fully saturated rings. The number of nitrogens with two attached hydrogens (primary N) is 1. The van der Waals surface area contributed by atoms with E-state index in [0.717, 1.165) is 23.3 Å². The molecule has 0 aromatic heterocycles. The smallest absolute Gasteiger partial charge is 0.239 e. The van der Waals surface area contributed by atoms with Crippen molar-refractivity contribution in [1.29, 1.82) is 0 Å². The van der Waals surface area contributed by atoms with Gasteiger partial charge in [-0.05, 0) is 35.3 Å². The van der Waals surface area contributed by atoms with Gasteiger partial charge in [0, 0.05) is 25.9 Å². The first kappa shape index (κ1) is 18.0. The Labute approximate surface area is 140 Å². The molecule has 1 aromatic carbocycles. The maximum Gasteiger partial charge on any atom is 0.239 e. The number of amides is 1. The molecule has 1 aliphatic rings. The zero-order valence-corrected chi connectivity index (χ0v) is 14.3. The van der Waals surface area contributed by atoms with Gasteiger partial charge in [0.25, 0.3) is 0 Å². The maximum absolute atomic E-state index is 12.1. The van der Waals surface area contributed by atoms with Gasteiger partial charge in [0.2, 0.25) is 5.91 Å². The first-order valence-corrected chi connectivity index (χ1v) is 9.38. The second kappa shape index (κ2) is 8.47. The van der Waals surface area contributed by atoms with Crippen LogP contribution in [0, 0.1) is 0 Å². The van der Waals surface area contributed by atoms with Crippen molar-refractivity contribution >= 4 is 22.9 Å². The van der Waals surface area contributed by atoms with Gasteiger partial charge in [-0.25, -0.2) is 0 Å². The highest BCUT2D eigenvalue weighted by atomic mass is 32.2. The second-order valence-corrected chi connectivity index (χ2v) is 7.42. The minimum atomic E-state index is -0.999. The summed E-state index contributed by atoms with van der Waals surface area (Å²) in [5.41, 5.74) is 6.37. The SMILES string of the molecule is CCCC[S+]([O-])c1ccc(C(C(N)=O)N2CCC(=O)CC2)cc1. The number of benzene rings is 1. The van der Waals surface area contributed by atoms with Gasteiger partial charge in [0.1, 0.15) is 17.6 Å². The monoisotopic (exact) mass is 336 g/mol. The molecule has 1 heterocycles. The summed E-state index contributed by atoms with van der Waals surface area (Å²) >= 11 is -0.999. The Hall–Kier alpha value is -1.37. The van der Waals surface area contributed by atoms with Crippen LogP contribution in [0.3, 0.4) is 0 Å². The summed E-state index contributed by atoms with van der Waals surface area (Å²) in [5, 5.41) is 0. The van der Waals surface area contributed by atoms with Crippen LogP contribution in [-0.2, 0) is 20.8 Å². The standard InChI is InChI=1S/C17H24N2O3S/c1-2-3-12-23(22)15-6-4-13(5-7-15)16(17(18)21)19-10-8-14(20)9-11-19/h4-7,16H,2-3,8-12H2,1H3,(H2,18,21). The number of likely N-dealkylation sites (tertiary alicyclic amines) is 1. The van der Waals surface area contributed by atoms with E-state index in [4.69, 9.17) is 5.73 Å². The molecule has 1 amide bonds. The summed E-state index contributed by atoms with van der Waals surface area (Å²) in [6.07, 6.45) is 2.87. The van der Waals surface area contributed by atoms with Crippen molar-refractivity contribution in [3.63, 3.8) is 0 Å². The third-order valence-corrected chi connectivity index (χ3v) is 5.59. The van der Waals surface area contributed by atoms with Crippen LogP contribution in [0.5, 0.6) is 0 Å². The molecule has 1 saturated heterocycles. The fourth-order valence-corrected chi connectivity index (χ4v) is 4.01. The van der Waals surface area contributed by atoms with Gasteiger partial charge >= 0.3 is 0 Å². The molecule has 6 heteroatoms. The van der Waals surface area contributed by atoms with Crippen molar-refractivity contribution in [2.45, 2.75) is 43.5 Å². The first-order valence-electron chi connectivity index (χ1n) is 8.06. The van der Waals surface area contributed by atoms with Gasteiger partial charge in [-0.2, -0.15) is 0 Å². The number of piperidine rings is 1. The molecule has 0 spiro atoms. The molecule has 2 rings (SSSR count). The first-order chi connectivity index (χ1) is 11.0. The number of hydrogen-bond acceptors (Lipinski definition) is 4. The molecule has 2 N–H and O–H groups in total. The van der Waals surface area contributed by atoms with Crippen LogP contribution in [-0.4, -0.2) is 40.0 Å². The number of unbranched alkanes of at least 4 members (excludes halogenated alkanes) is 1. The van der Waals surface area contributed by atoms with Gasteiger partial charge in [0.15, 0.2) is 4.90 Å². The quantitative estimate of drug-likeness (QED) is 0.769. The Kier molecular flexibility index (Phi) is 6.62. The van der Waals surface area contributed by atoms with E-state index in [9.17, 15) is 14.1 Å². The van der Waals surface area contributed by atoms with Gasteiger partial charge < -0.3 is 10.3 Å². The predicted molar refractivity (Wildman–Crippen MR) is 90.4 cm³/mol. The summed E-state index contributed by atoms with van der Waals surface area (Å²) in [5.74, 6) is 0.467. The lowest BCUT2D eigenvalue weighted by molar-refractivity contribution is -0.128. The van der Waals surface area contributed by atoms with Crippen molar-refractivity contribution in [3.05, 3.63) is 29.8 Å². The summed E-state index contributed by atoms with van der Waals surface area (Å²) in [4.78, 5) is 26.0. The molecular weight excluding hydrogens is 312 g/mol. The van der Waals surface area contributed by atoms with Crippen molar-refractivity contribution in [2.24, 2.45) is 5.73 Å². The van der Waals surface area contributed by atoms with Crippen LogP contribution in [0.4, 0.5) is 0 Å². The van der Waals surface area contributed by atoms with E-state index in [2.05, 4.69) is 6.92 Å². The van der Waals surface area contributed by atoms with Crippen molar-refractivity contribution in [1.82, 2.24) is 4.90 Å². The number of primary amides is 1. The Morgan fingerprint density at radius 1 is 1.30 bits per heavy atom. The molecule has 0 bridgehead atoms. The molecule has 0 radical (unpaired) electrons. The molecular formula is C17H24N2O3S. The average Bonchev–Trinajstić information content (AvgIpc) is 2.55. The van der Waals surface area contributed by atoms with Crippen molar-refractivity contribution < 1.29 is 14.1 Å². The Balaban J connectivity index is 2.11. The topological polar surface area (TPSA) is 86.5 Å². The van der Waals surface area contributed by atoms with E-state index in [0.29, 0.717) is 31.7 Å². The molecule has 5 nitrogen and oxygen atoms in total. The number of carbonyl (C=O) groups excluding carboxylic acids is 2. The molecule has 126 valence electrons. The summed E-state index contributed by atoms with van der Waals surface area (Å²) in [6.45, 7) is 3.17. The summed E-state index contributed by atoms with van der Waals surface area (Å²) in [6, 6.07) is 6.75. The molecule has 1 aromatic rings. The van der Waals surface area contributed by atoms with Crippen LogP contribution >= 0.6 is 0 Å². The highest BCUT2D eigenvalue weighted by Crippen LogP contribution is 2.25. The third kappa shape index (κ3) is 4.80. The number of Topliss-reactive ketones (excluding diaryl/α,β-unsaturated/α-hetero) is 1. The van der Waals surface area contributed by atoms with Gasteiger partial charge in [-0.15, -0.1) is 0 Å². The number of hydrogen-bond donors (Lipinski definition) is 1. The molecule has 23 heavy (non-hydrogen) atoms. The van der Waals surface area contributed by atoms with Crippen LogP contribution in [0.15, 0.2) is 29.2 Å². The number of carbonyl (C=O) groups is 2. The number of nitrogens with zero attached hydrogens (tertiary/aromatic N) is 1. The minimum Gasteiger partial charge on any atom is -0.611 e. The van der Waals surface area contributed by atoms with Crippen LogP contribution in [0.25, 0.3) is 0 Å². The fraction of sp³-hybridized carbons (Fsp3) is 0.529. The van der Waals surface area contributed by atoms with Crippen LogP contribution in [0.1, 0.15) is 44.2 Å². The number of ketones is 1. The summed E-state index contributed by atoms with van der Waals surface area (Å²) < 4.78 is 12.1. The lowest BCUT2D eigenvalue weighted by Gasteiger charge is -2.32. The normalized spacial score (nSPS) is 18.6. The Morgan fingerprint density at radius 3 is 2.43 bits per heavy atom. The van der Waals surface area contributed by atoms with Gasteiger partial charge in [-0.3, -0.25) is 14.5 Å². The molecule has 1 aliphatic heterocycles. The van der Waals surface area contributed by atoms with E-state index < -0.39 is 23.1 Å². The minimum absolute atomic E-state index is 0.228. The Bertz CT molecular complexity index is 537. The van der Waals surface area contributed by atoms with Crippen molar-refractivity contribution in [3.8, 4) is 0 Å². The van der Waals surface area contributed by atoms with Crippen LogP contribution < -0.4 is 5.73 Å². The van der Waals surface area contributed by atoms with Gasteiger partial charge in [-0.1, -0.05) is 25.5 Å². The summed E-state index contributed by atoms with van der Waals surface area (Å²) in [7, 11) is 0. The lowest BCUT2D eigenvalue weighted by Crippen LogP contribution is -2.42. The average molecular weight is 336 g/mol. The molecule has 2 unspecified atom stereocenters. The molecule has 2 atom stereocenters. The molecule has 0 aliphatic carbocycles. The third-order valence-electron chi connectivity index (χ3n) is 4.13. The lowest BCUT2D eigenvalue weighted by atomic mass is 10.0. The van der Waals surface area contributed by atoms with Crippen molar-refractivity contribution in [2.75, 3.05) is 18.8 Å². The zero-order valence-electron chi connectivity index (χ0n) is 13.5. The second-order valence-electron chi connectivity index (χ2n) is 5.85. The fourth-order valence-electron chi connectivity index (χ4n) is 2.78. The van der Waals surface area contributed by atoms with E-state index in [1.165, 1.54) is 0 Å². The van der Waals surface area contributed by atoms with E-state index >= 15 is 0 Å². The molecule has 0 saturated carbocycles. The van der Waals surface area contributed by atoms with Crippen LogP contribution in [0.2, 0.25) is 0 Å². The zero-order chi connectivity index (χ0) is 16.8. The van der Waals surface area contributed by atoms with E-state index in [1.54, 1.807) is 0 Å². The maximum atomic E-state index is 12.1. The highest BCUT2D eigenvalue weighted by Gasteiger charge is 2.29. The highest BCUT2D eigenvalue weighted by molar-refractivity contribution is 7.91. The number of rotatable bonds is 7.